The largest absolute Gasteiger partial charge is 0.507 e. The first kappa shape index (κ1) is 18.6. The van der Waals surface area contributed by atoms with Crippen LogP contribution >= 0.6 is 11.8 Å². The third kappa shape index (κ3) is 4.40. The predicted molar refractivity (Wildman–Crippen MR) is 91.3 cm³/mol. The Morgan fingerprint density at radius 2 is 2.08 bits per heavy atom. The van der Waals surface area contributed by atoms with Crippen LogP contribution in [0.25, 0.3) is 0 Å². The van der Waals surface area contributed by atoms with Gasteiger partial charge < -0.3 is 24.4 Å². The maximum Gasteiger partial charge on any atom is 0.332 e. The van der Waals surface area contributed by atoms with E-state index in [0.29, 0.717) is 48.5 Å². The van der Waals surface area contributed by atoms with Crippen molar-refractivity contribution in [3.63, 3.8) is 0 Å². The van der Waals surface area contributed by atoms with E-state index < -0.39 is 11.5 Å². The molecule has 0 saturated heterocycles. The van der Waals surface area contributed by atoms with Gasteiger partial charge in [0, 0.05) is 12.9 Å². The maximum atomic E-state index is 11.3. The highest BCUT2D eigenvalue weighted by molar-refractivity contribution is 8.14. The first-order chi connectivity index (χ1) is 11.5. The second-order valence-electron chi connectivity index (χ2n) is 5.39. The molecule has 0 spiro atoms. The molecule has 1 aliphatic heterocycles. The van der Waals surface area contributed by atoms with Crippen LogP contribution in [-0.2, 0) is 14.3 Å². The molecule has 2 rings (SSSR count). The van der Waals surface area contributed by atoms with Crippen molar-refractivity contribution in [2.75, 3.05) is 39.3 Å². The van der Waals surface area contributed by atoms with Crippen molar-refractivity contribution in [1.29, 1.82) is 0 Å². The lowest BCUT2D eigenvalue weighted by atomic mass is 10.1. The fourth-order valence-electron chi connectivity index (χ4n) is 2.04. The Balaban J connectivity index is 2.09. The van der Waals surface area contributed by atoms with Gasteiger partial charge in [0.2, 0.25) is 0 Å². The van der Waals surface area contributed by atoms with Crippen LogP contribution < -0.4 is 4.74 Å². The highest BCUT2D eigenvalue weighted by Gasteiger charge is 2.39. The Kier molecular flexibility index (Phi) is 6.47. The summed E-state index contributed by atoms with van der Waals surface area (Å²) < 4.78 is 15.9. The van der Waals surface area contributed by atoms with E-state index >= 15 is 0 Å². The number of carboxylic acids is 1. The number of carboxylic acid groups (broad SMARTS) is 1. The lowest BCUT2D eigenvalue weighted by molar-refractivity contribution is -0.141. The molecule has 0 amide bonds. The molecule has 0 radical (unpaired) electrons. The van der Waals surface area contributed by atoms with E-state index in [1.54, 1.807) is 26.2 Å². The van der Waals surface area contributed by atoms with Crippen LogP contribution in [0.4, 0.5) is 0 Å². The summed E-state index contributed by atoms with van der Waals surface area (Å²) >= 11 is 1.29. The smallest absolute Gasteiger partial charge is 0.332 e. The van der Waals surface area contributed by atoms with Crippen molar-refractivity contribution < 1.29 is 29.2 Å². The van der Waals surface area contributed by atoms with E-state index in [9.17, 15) is 15.0 Å². The summed E-state index contributed by atoms with van der Waals surface area (Å²) in [4.78, 5) is 15.6. The molecule has 1 atom stereocenters. The van der Waals surface area contributed by atoms with Crippen LogP contribution in [0.1, 0.15) is 12.5 Å². The number of carbonyl (C=O) groups is 1. The minimum absolute atomic E-state index is 0.00805. The van der Waals surface area contributed by atoms with Gasteiger partial charge in [0.15, 0.2) is 5.54 Å². The number of benzene rings is 1. The second kappa shape index (κ2) is 8.36. The molecule has 0 fully saturated rings. The van der Waals surface area contributed by atoms with E-state index in [2.05, 4.69) is 4.99 Å². The highest BCUT2D eigenvalue weighted by Crippen LogP contribution is 2.38. The van der Waals surface area contributed by atoms with Crippen molar-refractivity contribution in [2.45, 2.75) is 12.5 Å². The zero-order valence-electron chi connectivity index (χ0n) is 13.7. The molecule has 7 nitrogen and oxygen atoms in total. The SMILES string of the molecule is COCCOCCOc1cccc(O)c1C1=NC(C)(C(=O)O)CS1. The summed E-state index contributed by atoms with van der Waals surface area (Å²) in [5.41, 5.74) is -0.771. The fourth-order valence-corrected chi connectivity index (χ4v) is 3.27. The van der Waals surface area contributed by atoms with Crippen LogP contribution in [0, 0.1) is 0 Å². The Morgan fingerprint density at radius 1 is 1.33 bits per heavy atom. The Labute approximate surface area is 144 Å². The second-order valence-corrected chi connectivity index (χ2v) is 6.35. The van der Waals surface area contributed by atoms with Crippen LogP contribution in [0.3, 0.4) is 0 Å². The summed E-state index contributed by atoms with van der Waals surface area (Å²) in [7, 11) is 1.60. The first-order valence-electron chi connectivity index (χ1n) is 7.46. The molecule has 0 aromatic heterocycles. The average molecular weight is 355 g/mol. The van der Waals surface area contributed by atoms with Crippen LogP contribution in [0.15, 0.2) is 23.2 Å². The summed E-state index contributed by atoms with van der Waals surface area (Å²) in [5.74, 6) is -0.222. The Hall–Kier alpha value is -1.77. The number of hydrogen-bond donors (Lipinski definition) is 2. The highest BCUT2D eigenvalue weighted by atomic mass is 32.2. The maximum absolute atomic E-state index is 11.3. The van der Waals surface area contributed by atoms with Crippen LogP contribution in [0.2, 0.25) is 0 Å². The Morgan fingerprint density at radius 3 is 2.75 bits per heavy atom. The summed E-state index contributed by atoms with van der Waals surface area (Å²) in [6.07, 6.45) is 0. The third-order valence-electron chi connectivity index (χ3n) is 3.43. The molecule has 132 valence electrons. The van der Waals surface area contributed by atoms with Crippen molar-refractivity contribution in [3.8, 4) is 11.5 Å². The predicted octanol–water partition coefficient (Wildman–Crippen LogP) is 1.77. The summed E-state index contributed by atoms with van der Waals surface area (Å²) in [6.45, 7) is 3.23. The van der Waals surface area contributed by atoms with Gasteiger partial charge >= 0.3 is 5.97 Å². The molecule has 1 aromatic carbocycles. The number of rotatable bonds is 9. The standard InChI is InChI=1S/C16H21NO6S/c1-16(15(19)20)10-24-14(17-16)13-11(18)4-3-5-12(13)23-9-8-22-7-6-21-2/h3-5,18H,6-10H2,1-2H3,(H,19,20). The number of aliphatic imine (C=N–C) groups is 1. The number of ether oxygens (including phenoxy) is 3. The van der Waals surface area contributed by atoms with E-state index in [0.717, 1.165) is 0 Å². The van der Waals surface area contributed by atoms with E-state index in [1.807, 2.05) is 0 Å². The third-order valence-corrected chi connectivity index (χ3v) is 4.71. The topological polar surface area (TPSA) is 97.6 Å². The molecular formula is C16H21NO6S. The van der Waals surface area contributed by atoms with Crippen molar-refractivity contribution in [3.05, 3.63) is 23.8 Å². The van der Waals surface area contributed by atoms with Crippen LogP contribution in [-0.4, -0.2) is 66.1 Å². The number of nitrogens with zero attached hydrogens (tertiary/aromatic N) is 1. The Bertz CT molecular complexity index is 621. The minimum atomic E-state index is -1.19. The van der Waals surface area contributed by atoms with Gasteiger partial charge in [-0.2, -0.15) is 0 Å². The molecule has 1 aromatic rings. The molecule has 0 saturated carbocycles. The number of thioether (sulfide) groups is 1. The van der Waals surface area contributed by atoms with Gasteiger partial charge in [-0.25, -0.2) is 4.79 Å². The van der Waals surface area contributed by atoms with Gasteiger partial charge in [-0.05, 0) is 19.1 Å². The summed E-state index contributed by atoms with van der Waals surface area (Å²) in [5, 5.41) is 19.9. The molecule has 1 aliphatic rings. The average Bonchev–Trinajstić information content (AvgIpc) is 2.94. The molecule has 0 aliphatic carbocycles. The number of phenols is 1. The molecule has 2 N–H and O–H groups in total. The number of hydrogen-bond acceptors (Lipinski definition) is 7. The van der Waals surface area contributed by atoms with Crippen molar-refractivity contribution >= 4 is 22.8 Å². The molecule has 24 heavy (non-hydrogen) atoms. The lowest BCUT2D eigenvalue weighted by Gasteiger charge is -2.13. The van der Waals surface area contributed by atoms with E-state index in [-0.39, 0.29) is 5.75 Å². The van der Waals surface area contributed by atoms with Gasteiger partial charge in [-0.3, -0.25) is 4.99 Å². The van der Waals surface area contributed by atoms with Gasteiger partial charge in [-0.15, -0.1) is 11.8 Å². The van der Waals surface area contributed by atoms with E-state index in [1.165, 1.54) is 17.8 Å². The first-order valence-corrected chi connectivity index (χ1v) is 8.44. The van der Waals surface area contributed by atoms with Gasteiger partial charge in [0.25, 0.3) is 0 Å². The van der Waals surface area contributed by atoms with Crippen molar-refractivity contribution in [2.24, 2.45) is 4.99 Å². The fraction of sp³-hybridized carbons (Fsp3) is 0.500. The number of methoxy groups -OCH3 is 1. The molecule has 1 heterocycles. The number of aliphatic carboxylic acids is 1. The molecule has 1 unspecified atom stereocenters. The molecule has 0 bridgehead atoms. The van der Waals surface area contributed by atoms with Gasteiger partial charge in [-0.1, -0.05) is 6.07 Å². The minimum Gasteiger partial charge on any atom is -0.507 e. The number of aromatic hydroxyl groups is 1. The summed E-state index contributed by atoms with van der Waals surface area (Å²) in [6, 6.07) is 4.90. The van der Waals surface area contributed by atoms with Crippen LogP contribution in [0.5, 0.6) is 11.5 Å². The number of phenolic OH excluding ortho intramolecular Hbond substituents is 1. The normalized spacial score (nSPS) is 20.0. The van der Waals surface area contributed by atoms with E-state index in [4.69, 9.17) is 14.2 Å². The molecular weight excluding hydrogens is 334 g/mol. The van der Waals surface area contributed by atoms with Gasteiger partial charge in [0.1, 0.15) is 23.1 Å². The quantitative estimate of drug-likeness (QED) is 0.652. The van der Waals surface area contributed by atoms with Crippen molar-refractivity contribution in [1.82, 2.24) is 0 Å². The van der Waals surface area contributed by atoms with Gasteiger partial charge in [0.05, 0.1) is 25.4 Å². The lowest BCUT2D eigenvalue weighted by Crippen LogP contribution is -2.33. The monoisotopic (exact) mass is 355 g/mol. The zero-order chi connectivity index (χ0) is 17.6. The zero-order valence-corrected chi connectivity index (χ0v) is 14.5. The molecule has 8 heteroatoms.